The zero-order valence-electron chi connectivity index (χ0n) is 9.70. The highest BCUT2D eigenvalue weighted by Crippen LogP contribution is 2.24. The first kappa shape index (κ1) is 14.5. The monoisotopic (exact) mass is 322 g/mol. The molecule has 1 rings (SSSR count). The molecule has 0 spiro atoms. The van der Waals surface area contributed by atoms with E-state index in [0.717, 1.165) is 12.2 Å². The third-order valence-electron chi connectivity index (χ3n) is 2.47. The molecule has 0 radical (unpaired) electrons. The maximum Gasteiger partial charge on any atom is 0.0701 e. The van der Waals surface area contributed by atoms with Crippen LogP contribution in [0.2, 0.25) is 0 Å². The Balaban J connectivity index is 2.37. The normalized spacial score (nSPS) is 15.0. The molecule has 0 aliphatic rings. The van der Waals surface area contributed by atoms with E-state index in [2.05, 4.69) is 47.3 Å². The predicted molar refractivity (Wildman–Crippen MR) is 79.0 cm³/mol. The summed E-state index contributed by atoms with van der Waals surface area (Å²) in [5.41, 5.74) is 2.91. The van der Waals surface area contributed by atoms with Gasteiger partial charge in [-0.1, -0.05) is 13.8 Å². The van der Waals surface area contributed by atoms with Crippen LogP contribution in [0.15, 0.2) is 15.9 Å². The first-order valence-electron chi connectivity index (χ1n) is 5.47. The van der Waals surface area contributed by atoms with Crippen LogP contribution in [0.25, 0.3) is 0 Å². The second-order valence-corrected chi connectivity index (χ2v) is 7.84. The van der Waals surface area contributed by atoms with Gasteiger partial charge in [0.25, 0.3) is 0 Å². The Morgan fingerprint density at radius 2 is 2.31 bits per heavy atom. The molecule has 0 saturated heterocycles. The molecule has 2 nitrogen and oxygen atoms in total. The molecule has 2 atom stereocenters. The molecule has 0 bridgehead atoms. The Morgan fingerprint density at radius 1 is 1.56 bits per heavy atom. The average molecular weight is 323 g/mol. The molecule has 3 N–H and O–H groups in total. The molecule has 16 heavy (non-hydrogen) atoms. The summed E-state index contributed by atoms with van der Waals surface area (Å²) in [6, 6.07) is 4.62. The van der Waals surface area contributed by atoms with Gasteiger partial charge in [-0.3, -0.25) is 11.3 Å². The van der Waals surface area contributed by atoms with Crippen molar-refractivity contribution in [3.8, 4) is 0 Å². The van der Waals surface area contributed by atoms with Crippen molar-refractivity contribution in [1.82, 2.24) is 5.43 Å². The van der Waals surface area contributed by atoms with E-state index in [-0.39, 0.29) is 0 Å². The third kappa shape index (κ3) is 5.19. The third-order valence-corrected chi connectivity index (χ3v) is 5.61. The van der Waals surface area contributed by atoms with Crippen LogP contribution < -0.4 is 11.3 Å². The van der Waals surface area contributed by atoms with E-state index in [1.807, 2.05) is 11.8 Å². The molecule has 1 aromatic heterocycles. The zero-order valence-corrected chi connectivity index (χ0v) is 12.9. The number of hydrogen-bond donors (Lipinski definition) is 2. The fraction of sp³-hybridized carbons (Fsp3) is 0.636. The van der Waals surface area contributed by atoms with Gasteiger partial charge in [0.15, 0.2) is 0 Å². The second-order valence-electron chi connectivity index (χ2n) is 3.83. The smallest absolute Gasteiger partial charge is 0.0701 e. The molecule has 0 aromatic carbocycles. The van der Waals surface area contributed by atoms with Crippen LogP contribution in [0, 0.1) is 0 Å². The molecule has 0 saturated carbocycles. The maximum absolute atomic E-state index is 5.58. The highest BCUT2D eigenvalue weighted by Gasteiger charge is 2.11. The number of thioether (sulfide) groups is 1. The fourth-order valence-electron chi connectivity index (χ4n) is 1.27. The Morgan fingerprint density at radius 3 is 2.81 bits per heavy atom. The Kier molecular flexibility index (Phi) is 7.00. The Bertz CT molecular complexity index is 304. The van der Waals surface area contributed by atoms with Crippen LogP contribution in [-0.2, 0) is 6.42 Å². The summed E-state index contributed by atoms with van der Waals surface area (Å²) < 4.78 is 1.19. The molecule has 1 aromatic rings. The van der Waals surface area contributed by atoms with E-state index in [1.54, 1.807) is 11.3 Å². The van der Waals surface area contributed by atoms with Gasteiger partial charge in [-0.25, -0.2) is 0 Å². The quantitative estimate of drug-likeness (QED) is 0.596. The van der Waals surface area contributed by atoms with E-state index in [0.29, 0.717) is 11.3 Å². The molecular formula is C11H19BrN2S2. The molecule has 2 unspecified atom stereocenters. The van der Waals surface area contributed by atoms with Crippen molar-refractivity contribution in [2.24, 2.45) is 5.84 Å². The summed E-state index contributed by atoms with van der Waals surface area (Å²) in [4.78, 5) is 1.37. The van der Waals surface area contributed by atoms with Crippen molar-refractivity contribution in [2.45, 2.75) is 38.0 Å². The van der Waals surface area contributed by atoms with Crippen LogP contribution in [-0.4, -0.2) is 17.0 Å². The Hall–Kier alpha value is 0.450. The van der Waals surface area contributed by atoms with Crippen molar-refractivity contribution in [3.63, 3.8) is 0 Å². The molecule has 0 amide bonds. The minimum atomic E-state index is 0.365. The highest BCUT2D eigenvalue weighted by molar-refractivity contribution is 9.11. The predicted octanol–water partition coefficient (Wildman–Crippen LogP) is 3.42. The summed E-state index contributed by atoms with van der Waals surface area (Å²) in [7, 11) is 0. The van der Waals surface area contributed by atoms with Crippen LogP contribution in [0.3, 0.4) is 0 Å². The number of rotatable bonds is 7. The summed E-state index contributed by atoms with van der Waals surface area (Å²) in [6.07, 6.45) is 2.22. The molecule has 0 fully saturated rings. The second kappa shape index (κ2) is 7.71. The minimum absolute atomic E-state index is 0.365. The van der Waals surface area contributed by atoms with E-state index < -0.39 is 0 Å². The van der Waals surface area contributed by atoms with Crippen molar-refractivity contribution < 1.29 is 0 Å². The summed E-state index contributed by atoms with van der Waals surface area (Å²) in [5.74, 6) is 6.66. The summed E-state index contributed by atoms with van der Waals surface area (Å²) >= 11 is 7.25. The van der Waals surface area contributed by atoms with Crippen LogP contribution in [0.5, 0.6) is 0 Å². The molecule has 1 heterocycles. The SMILES string of the molecule is CCC(C)SCC(Cc1ccc(Br)s1)NN. The number of nitrogens with one attached hydrogen (secondary N) is 1. The molecule has 0 aliphatic carbocycles. The highest BCUT2D eigenvalue weighted by atomic mass is 79.9. The lowest BCUT2D eigenvalue weighted by Crippen LogP contribution is -2.38. The first-order chi connectivity index (χ1) is 7.65. The average Bonchev–Trinajstić information content (AvgIpc) is 2.69. The van der Waals surface area contributed by atoms with Gasteiger partial charge in [0.2, 0.25) is 0 Å². The van der Waals surface area contributed by atoms with E-state index in [4.69, 9.17) is 5.84 Å². The standard InChI is InChI=1S/C11H19BrN2S2/c1-3-8(2)15-7-9(14-13)6-10-4-5-11(12)16-10/h4-5,8-9,14H,3,6-7,13H2,1-2H3. The van der Waals surface area contributed by atoms with Crippen LogP contribution >= 0.6 is 39.0 Å². The maximum atomic E-state index is 5.58. The van der Waals surface area contributed by atoms with Gasteiger partial charge >= 0.3 is 0 Å². The topological polar surface area (TPSA) is 38.0 Å². The molecule has 5 heteroatoms. The van der Waals surface area contributed by atoms with Gasteiger partial charge in [0.1, 0.15) is 0 Å². The lowest BCUT2D eigenvalue weighted by molar-refractivity contribution is 0.578. The van der Waals surface area contributed by atoms with E-state index in [1.165, 1.54) is 15.1 Å². The van der Waals surface area contributed by atoms with Crippen molar-refractivity contribution >= 4 is 39.0 Å². The Labute approximate surface area is 114 Å². The summed E-state index contributed by atoms with van der Waals surface area (Å²) in [5, 5.41) is 0.714. The van der Waals surface area contributed by atoms with Gasteiger partial charge in [-0.2, -0.15) is 11.8 Å². The van der Waals surface area contributed by atoms with E-state index in [9.17, 15) is 0 Å². The number of thiophene rings is 1. The van der Waals surface area contributed by atoms with Gasteiger partial charge in [0, 0.05) is 21.9 Å². The number of halogens is 1. The zero-order chi connectivity index (χ0) is 12.0. The van der Waals surface area contributed by atoms with Gasteiger partial charge < -0.3 is 0 Å². The van der Waals surface area contributed by atoms with E-state index >= 15 is 0 Å². The van der Waals surface area contributed by atoms with Crippen molar-refractivity contribution in [2.75, 3.05) is 5.75 Å². The lowest BCUT2D eigenvalue weighted by Gasteiger charge is -2.16. The largest absolute Gasteiger partial charge is 0.271 e. The fourth-order valence-corrected chi connectivity index (χ4v) is 3.84. The van der Waals surface area contributed by atoms with Crippen molar-refractivity contribution in [1.29, 1.82) is 0 Å². The van der Waals surface area contributed by atoms with Crippen LogP contribution in [0.4, 0.5) is 0 Å². The van der Waals surface area contributed by atoms with Gasteiger partial charge in [-0.05, 0) is 40.9 Å². The number of hydrazine groups is 1. The minimum Gasteiger partial charge on any atom is -0.271 e. The number of nitrogens with two attached hydrogens (primary N) is 1. The molecule has 92 valence electrons. The lowest BCUT2D eigenvalue weighted by atomic mass is 10.2. The summed E-state index contributed by atoms with van der Waals surface area (Å²) in [6.45, 7) is 4.49. The van der Waals surface area contributed by atoms with Gasteiger partial charge in [0.05, 0.1) is 3.79 Å². The van der Waals surface area contributed by atoms with Crippen molar-refractivity contribution in [3.05, 3.63) is 20.8 Å². The first-order valence-corrected chi connectivity index (χ1v) is 8.13. The molecular weight excluding hydrogens is 304 g/mol. The molecule has 0 aliphatic heterocycles. The van der Waals surface area contributed by atoms with Crippen LogP contribution in [0.1, 0.15) is 25.1 Å². The van der Waals surface area contributed by atoms with Gasteiger partial charge in [-0.15, -0.1) is 11.3 Å². The number of hydrogen-bond acceptors (Lipinski definition) is 4.